The summed E-state index contributed by atoms with van der Waals surface area (Å²) in [6, 6.07) is 0.781. The molecule has 2 N–H and O–H groups in total. The highest BCUT2D eigenvalue weighted by molar-refractivity contribution is 4.78. The number of hydrogen-bond donors (Lipinski definition) is 2. The first kappa shape index (κ1) is 12.4. The van der Waals surface area contributed by atoms with Crippen LogP contribution in [0.2, 0.25) is 0 Å². The van der Waals surface area contributed by atoms with Crippen molar-refractivity contribution >= 4 is 0 Å². The molecule has 2 rings (SSSR count). The number of rotatable bonds is 3. The maximum atomic E-state index is 9.45. The first-order chi connectivity index (χ1) is 7.74. The second kappa shape index (κ2) is 6.02. The molecule has 0 aliphatic heterocycles. The zero-order valence-electron chi connectivity index (χ0n) is 10.6. The fourth-order valence-electron chi connectivity index (χ4n) is 3.15. The fourth-order valence-corrected chi connectivity index (χ4v) is 3.15. The van der Waals surface area contributed by atoms with Crippen LogP contribution in [0.3, 0.4) is 0 Å². The standard InChI is InChI=1S/C14H27NO/c1-11-2-6-13(7-3-11)15-10-12-4-8-14(16)9-5-12/h11-16H,2-10H2,1H3. The van der Waals surface area contributed by atoms with Gasteiger partial charge in [0.2, 0.25) is 0 Å². The molecule has 94 valence electrons. The second-order valence-corrected chi connectivity index (χ2v) is 6.04. The Hall–Kier alpha value is -0.0800. The molecule has 16 heavy (non-hydrogen) atoms. The summed E-state index contributed by atoms with van der Waals surface area (Å²) < 4.78 is 0. The van der Waals surface area contributed by atoms with Crippen molar-refractivity contribution in [1.29, 1.82) is 0 Å². The minimum absolute atomic E-state index is 0.00761. The molecule has 0 aromatic heterocycles. The molecule has 0 unspecified atom stereocenters. The van der Waals surface area contributed by atoms with Gasteiger partial charge in [0.25, 0.3) is 0 Å². The van der Waals surface area contributed by atoms with Crippen LogP contribution in [0.15, 0.2) is 0 Å². The highest BCUT2D eigenvalue weighted by atomic mass is 16.3. The quantitative estimate of drug-likeness (QED) is 0.774. The molecule has 2 saturated carbocycles. The largest absolute Gasteiger partial charge is 0.393 e. The molecule has 0 bridgehead atoms. The van der Waals surface area contributed by atoms with E-state index in [4.69, 9.17) is 0 Å². The maximum Gasteiger partial charge on any atom is 0.0540 e. The summed E-state index contributed by atoms with van der Waals surface area (Å²) in [6.45, 7) is 3.56. The lowest BCUT2D eigenvalue weighted by Crippen LogP contribution is -2.37. The van der Waals surface area contributed by atoms with Gasteiger partial charge in [0.1, 0.15) is 0 Å². The number of aliphatic hydroxyl groups excluding tert-OH is 1. The third kappa shape index (κ3) is 3.74. The van der Waals surface area contributed by atoms with E-state index in [1.807, 2.05) is 0 Å². The van der Waals surface area contributed by atoms with Gasteiger partial charge in [-0.15, -0.1) is 0 Å². The molecule has 2 aliphatic rings. The first-order valence-electron chi connectivity index (χ1n) is 7.15. The van der Waals surface area contributed by atoms with Gasteiger partial charge in [-0.1, -0.05) is 6.92 Å². The zero-order chi connectivity index (χ0) is 11.4. The summed E-state index contributed by atoms with van der Waals surface area (Å²) in [4.78, 5) is 0. The van der Waals surface area contributed by atoms with Crippen molar-refractivity contribution in [3.05, 3.63) is 0 Å². The third-order valence-corrected chi connectivity index (χ3v) is 4.53. The molecule has 0 atom stereocenters. The van der Waals surface area contributed by atoms with E-state index in [-0.39, 0.29) is 6.10 Å². The predicted octanol–water partition coefficient (Wildman–Crippen LogP) is 2.71. The van der Waals surface area contributed by atoms with Gasteiger partial charge in [0.15, 0.2) is 0 Å². The van der Waals surface area contributed by atoms with E-state index in [1.54, 1.807) is 0 Å². The van der Waals surface area contributed by atoms with Gasteiger partial charge in [-0.05, 0) is 69.7 Å². The number of nitrogens with one attached hydrogen (secondary N) is 1. The van der Waals surface area contributed by atoms with E-state index >= 15 is 0 Å². The van der Waals surface area contributed by atoms with Crippen molar-refractivity contribution in [2.24, 2.45) is 11.8 Å². The molecule has 0 amide bonds. The van der Waals surface area contributed by atoms with Crippen LogP contribution in [0.25, 0.3) is 0 Å². The van der Waals surface area contributed by atoms with E-state index in [1.165, 1.54) is 45.1 Å². The fraction of sp³-hybridized carbons (Fsp3) is 1.00. The Morgan fingerprint density at radius 3 is 2.19 bits per heavy atom. The van der Waals surface area contributed by atoms with Gasteiger partial charge >= 0.3 is 0 Å². The predicted molar refractivity (Wildman–Crippen MR) is 67.4 cm³/mol. The molecule has 0 saturated heterocycles. The highest BCUT2D eigenvalue weighted by Crippen LogP contribution is 2.26. The summed E-state index contributed by atoms with van der Waals surface area (Å²) >= 11 is 0. The molecule has 2 nitrogen and oxygen atoms in total. The van der Waals surface area contributed by atoms with Gasteiger partial charge in [0, 0.05) is 6.04 Å². The summed E-state index contributed by atoms with van der Waals surface area (Å²) in [7, 11) is 0. The van der Waals surface area contributed by atoms with Gasteiger partial charge in [0.05, 0.1) is 6.10 Å². The molecule has 2 aliphatic carbocycles. The van der Waals surface area contributed by atoms with E-state index in [0.29, 0.717) is 0 Å². The molecular formula is C14H27NO. The molecule has 2 fully saturated rings. The Morgan fingerprint density at radius 1 is 0.938 bits per heavy atom. The smallest absolute Gasteiger partial charge is 0.0540 e. The molecule has 0 heterocycles. The monoisotopic (exact) mass is 225 g/mol. The van der Waals surface area contributed by atoms with Crippen molar-refractivity contribution in [1.82, 2.24) is 5.32 Å². The summed E-state index contributed by atoms with van der Waals surface area (Å²) in [5.74, 6) is 1.77. The average molecular weight is 225 g/mol. The first-order valence-corrected chi connectivity index (χ1v) is 7.15. The Kier molecular flexibility index (Phi) is 4.66. The average Bonchev–Trinajstić information content (AvgIpc) is 2.30. The normalized spacial score (nSPS) is 40.9. The van der Waals surface area contributed by atoms with Gasteiger partial charge in [-0.2, -0.15) is 0 Å². The molecule has 0 aromatic carbocycles. The third-order valence-electron chi connectivity index (χ3n) is 4.53. The summed E-state index contributed by atoms with van der Waals surface area (Å²) in [6.07, 6.45) is 10.0. The summed E-state index contributed by atoms with van der Waals surface area (Å²) in [5, 5.41) is 13.2. The topological polar surface area (TPSA) is 32.3 Å². The molecule has 0 aromatic rings. The maximum absolute atomic E-state index is 9.45. The number of hydrogen-bond acceptors (Lipinski definition) is 2. The SMILES string of the molecule is CC1CCC(NCC2CCC(O)CC2)CC1. The van der Waals surface area contributed by atoms with Crippen LogP contribution in [0.5, 0.6) is 0 Å². The summed E-state index contributed by atoms with van der Waals surface area (Å²) in [5.41, 5.74) is 0. The Balaban J connectivity index is 1.60. The van der Waals surface area contributed by atoms with Gasteiger partial charge in [-0.3, -0.25) is 0 Å². The minimum atomic E-state index is -0.00761. The van der Waals surface area contributed by atoms with Crippen molar-refractivity contribution in [3.8, 4) is 0 Å². The van der Waals surface area contributed by atoms with Crippen LogP contribution in [0, 0.1) is 11.8 Å². The lowest BCUT2D eigenvalue weighted by atomic mass is 9.85. The van der Waals surface area contributed by atoms with E-state index < -0.39 is 0 Å². The van der Waals surface area contributed by atoms with Crippen molar-refractivity contribution in [3.63, 3.8) is 0 Å². The molecule has 0 radical (unpaired) electrons. The molecule has 2 heteroatoms. The van der Waals surface area contributed by atoms with E-state index in [9.17, 15) is 5.11 Å². The molecular weight excluding hydrogens is 198 g/mol. The Bertz CT molecular complexity index is 169. The van der Waals surface area contributed by atoms with Crippen molar-refractivity contribution < 1.29 is 5.11 Å². The van der Waals surface area contributed by atoms with Crippen molar-refractivity contribution in [2.45, 2.75) is 70.4 Å². The van der Waals surface area contributed by atoms with Gasteiger partial charge < -0.3 is 10.4 Å². The Labute approximate surface area is 99.8 Å². The Morgan fingerprint density at radius 2 is 1.56 bits per heavy atom. The van der Waals surface area contributed by atoms with Crippen LogP contribution in [0.4, 0.5) is 0 Å². The van der Waals surface area contributed by atoms with Crippen LogP contribution >= 0.6 is 0 Å². The lowest BCUT2D eigenvalue weighted by Gasteiger charge is -2.31. The van der Waals surface area contributed by atoms with Crippen LogP contribution < -0.4 is 5.32 Å². The van der Waals surface area contributed by atoms with Crippen LogP contribution in [0.1, 0.15) is 58.3 Å². The van der Waals surface area contributed by atoms with E-state index in [0.717, 1.165) is 30.7 Å². The van der Waals surface area contributed by atoms with Crippen LogP contribution in [-0.2, 0) is 0 Å². The van der Waals surface area contributed by atoms with Gasteiger partial charge in [-0.25, -0.2) is 0 Å². The van der Waals surface area contributed by atoms with Crippen LogP contribution in [-0.4, -0.2) is 23.8 Å². The zero-order valence-corrected chi connectivity index (χ0v) is 10.6. The minimum Gasteiger partial charge on any atom is -0.393 e. The molecule has 0 spiro atoms. The second-order valence-electron chi connectivity index (χ2n) is 6.04. The highest BCUT2D eigenvalue weighted by Gasteiger charge is 2.22. The lowest BCUT2D eigenvalue weighted by molar-refractivity contribution is 0.107. The number of aliphatic hydroxyl groups is 1. The van der Waals surface area contributed by atoms with E-state index in [2.05, 4.69) is 12.2 Å². The van der Waals surface area contributed by atoms with Crippen molar-refractivity contribution in [2.75, 3.05) is 6.54 Å².